The quantitative estimate of drug-likeness (QED) is 0.495. The summed E-state index contributed by atoms with van der Waals surface area (Å²) in [6.07, 6.45) is 0. The van der Waals surface area contributed by atoms with Gasteiger partial charge in [0.15, 0.2) is 0 Å². The largest absolute Gasteiger partial charge is 0.0919 e. The van der Waals surface area contributed by atoms with Crippen molar-refractivity contribution in [2.24, 2.45) is 0 Å². The first kappa shape index (κ1) is 9.63. The Kier molecular flexibility index (Phi) is 29.2. The lowest BCUT2D eigenvalue weighted by molar-refractivity contribution is 1.15. The Morgan fingerprint density at radius 3 is 1.17 bits per heavy atom. The van der Waals surface area contributed by atoms with Crippen molar-refractivity contribution in [2.75, 3.05) is 10.7 Å². The van der Waals surface area contributed by atoms with Crippen molar-refractivity contribution in [1.82, 2.24) is 0 Å². The van der Waals surface area contributed by atoms with Gasteiger partial charge in [0, 0.05) is 21.4 Å². The zero-order chi connectivity index (χ0) is 5.41. The van der Waals surface area contributed by atoms with E-state index in [1.54, 1.807) is 0 Å². The maximum absolute atomic E-state index is 6.00. The molecule has 0 saturated heterocycles. The van der Waals surface area contributed by atoms with Crippen LogP contribution in [0.15, 0.2) is 0 Å². The van der Waals surface area contributed by atoms with E-state index in [2.05, 4.69) is 31.9 Å². The first-order valence-corrected chi connectivity index (χ1v) is 3.48. The fourth-order valence-corrected chi connectivity index (χ4v) is 0. The SMILES string of the molecule is BrCCBr.N#N. The number of rotatable bonds is 1. The summed E-state index contributed by atoms with van der Waals surface area (Å²) in [6.45, 7) is 0. The van der Waals surface area contributed by atoms with Crippen molar-refractivity contribution < 1.29 is 0 Å². The van der Waals surface area contributed by atoms with Crippen LogP contribution in [0, 0.1) is 10.8 Å². The lowest BCUT2D eigenvalue weighted by atomic mass is 11.0. The van der Waals surface area contributed by atoms with Gasteiger partial charge in [-0.2, -0.15) is 0 Å². The summed E-state index contributed by atoms with van der Waals surface area (Å²) in [4.78, 5) is 0. The van der Waals surface area contributed by atoms with Crippen molar-refractivity contribution in [2.45, 2.75) is 0 Å². The average Bonchev–Trinajstić information content (AvgIpc) is 1.72. The number of hydrogen-bond acceptors (Lipinski definition) is 2. The second-order valence-electron chi connectivity index (χ2n) is 0.378. The zero-order valence-electron chi connectivity index (χ0n) is 3.06. The smallest absolute Gasteiger partial charge is 0.0129 e. The Balaban J connectivity index is 0. The van der Waals surface area contributed by atoms with E-state index in [-0.39, 0.29) is 0 Å². The molecule has 0 atom stereocenters. The molecule has 6 heavy (non-hydrogen) atoms. The molecule has 0 saturated carbocycles. The molecule has 4 heteroatoms. The van der Waals surface area contributed by atoms with E-state index in [0.717, 1.165) is 10.7 Å². The zero-order valence-corrected chi connectivity index (χ0v) is 6.24. The topological polar surface area (TPSA) is 47.6 Å². The third-order valence-electron chi connectivity index (χ3n) is 0.0714. The van der Waals surface area contributed by atoms with Gasteiger partial charge in [0.05, 0.1) is 0 Å². The predicted octanol–water partition coefficient (Wildman–Crippen LogP) is 1.81. The maximum atomic E-state index is 6.00. The lowest BCUT2D eigenvalue weighted by Crippen LogP contribution is -1.61. The van der Waals surface area contributed by atoms with Crippen molar-refractivity contribution in [3.05, 3.63) is 0 Å². The fourth-order valence-electron chi connectivity index (χ4n) is 0. The molecule has 0 unspecified atom stereocenters. The Labute approximate surface area is 53.6 Å². The van der Waals surface area contributed by atoms with Crippen LogP contribution in [-0.4, -0.2) is 10.7 Å². The number of halogens is 2. The minimum atomic E-state index is 1.05. The highest BCUT2D eigenvalue weighted by Crippen LogP contribution is 1.82. The molecule has 0 rings (SSSR count). The van der Waals surface area contributed by atoms with Gasteiger partial charge in [-0.15, -0.1) is 0 Å². The van der Waals surface area contributed by atoms with Gasteiger partial charge in [0.2, 0.25) is 0 Å². The molecule has 0 spiro atoms. The molecular formula is C2H4Br2N2. The van der Waals surface area contributed by atoms with E-state index in [0.29, 0.717) is 0 Å². The van der Waals surface area contributed by atoms with Crippen LogP contribution in [0.25, 0.3) is 0 Å². The summed E-state index contributed by atoms with van der Waals surface area (Å²) in [5, 5.41) is 14.1. The summed E-state index contributed by atoms with van der Waals surface area (Å²) < 4.78 is 0. The first-order chi connectivity index (χ1) is 2.91. The summed E-state index contributed by atoms with van der Waals surface area (Å²) in [6, 6.07) is 0. The van der Waals surface area contributed by atoms with E-state index >= 15 is 0 Å². The van der Waals surface area contributed by atoms with Gasteiger partial charge in [-0.3, -0.25) is 0 Å². The molecule has 0 aliphatic rings. The van der Waals surface area contributed by atoms with Gasteiger partial charge < -0.3 is 0 Å². The van der Waals surface area contributed by atoms with Crippen LogP contribution in [-0.2, 0) is 0 Å². The number of nitrogens with zero attached hydrogens (tertiary/aromatic N) is 2. The second kappa shape index (κ2) is 18.2. The normalized spacial score (nSPS) is 5.33. The number of hydrogen-bond donors (Lipinski definition) is 0. The van der Waals surface area contributed by atoms with Gasteiger partial charge in [0.1, 0.15) is 0 Å². The molecule has 0 heterocycles. The molecule has 36 valence electrons. The molecule has 0 bridgehead atoms. The van der Waals surface area contributed by atoms with Crippen LogP contribution in [0.2, 0.25) is 0 Å². The highest BCUT2D eigenvalue weighted by molar-refractivity contribution is 9.11. The van der Waals surface area contributed by atoms with E-state index in [1.807, 2.05) is 0 Å². The number of alkyl halides is 2. The summed E-state index contributed by atoms with van der Waals surface area (Å²) in [7, 11) is 0. The molecule has 0 aliphatic heterocycles. The summed E-state index contributed by atoms with van der Waals surface area (Å²) >= 11 is 6.40. The standard InChI is InChI=1S/C2H4Br2.N2/c3-1-2-4;1-2/h1-2H2;. The molecule has 0 fully saturated rings. The molecule has 0 N–H and O–H groups in total. The molecule has 0 aromatic carbocycles. The second-order valence-corrected chi connectivity index (χ2v) is 1.96. The Bertz CT molecular complexity index is 26.0. The van der Waals surface area contributed by atoms with Crippen LogP contribution in [0.3, 0.4) is 0 Å². The van der Waals surface area contributed by atoms with Gasteiger partial charge >= 0.3 is 0 Å². The van der Waals surface area contributed by atoms with Gasteiger partial charge in [-0.25, -0.2) is 0 Å². The van der Waals surface area contributed by atoms with E-state index in [9.17, 15) is 0 Å². The van der Waals surface area contributed by atoms with E-state index in [1.165, 1.54) is 0 Å². The van der Waals surface area contributed by atoms with Crippen molar-refractivity contribution >= 4 is 31.9 Å². The molecule has 0 amide bonds. The Morgan fingerprint density at radius 2 is 1.17 bits per heavy atom. The molecular weight excluding hydrogens is 212 g/mol. The molecule has 0 aliphatic carbocycles. The molecule has 0 aromatic heterocycles. The molecule has 2 nitrogen and oxygen atoms in total. The Morgan fingerprint density at radius 1 is 1.00 bits per heavy atom. The maximum Gasteiger partial charge on any atom is 0.0129 e. The monoisotopic (exact) mass is 214 g/mol. The minimum Gasteiger partial charge on any atom is -0.0919 e. The van der Waals surface area contributed by atoms with Crippen molar-refractivity contribution in [3.63, 3.8) is 0 Å². The first-order valence-electron chi connectivity index (χ1n) is 1.23. The third kappa shape index (κ3) is 26.3. The van der Waals surface area contributed by atoms with Crippen LogP contribution < -0.4 is 0 Å². The van der Waals surface area contributed by atoms with Gasteiger partial charge in [-0.1, -0.05) is 31.9 Å². The average molecular weight is 216 g/mol. The van der Waals surface area contributed by atoms with E-state index < -0.39 is 0 Å². The highest BCUT2D eigenvalue weighted by Gasteiger charge is 1.60. The summed E-state index contributed by atoms with van der Waals surface area (Å²) in [5.41, 5.74) is 0. The lowest BCUT2D eigenvalue weighted by Gasteiger charge is -1.63. The highest BCUT2D eigenvalue weighted by atomic mass is 79.9. The van der Waals surface area contributed by atoms with Crippen LogP contribution in [0.4, 0.5) is 0 Å². The van der Waals surface area contributed by atoms with E-state index in [4.69, 9.17) is 10.8 Å². The van der Waals surface area contributed by atoms with Crippen molar-refractivity contribution in [3.8, 4) is 0 Å². The van der Waals surface area contributed by atoms with Crippen molar-refractivity contribution in [1.29, 1.82) is 10.8 Å². The minimum absolute atomic E-state index is 1.05. The van der Waals surface area contributed by atoms with Crippen LogP contribution in [0.5, 0.6) is 0 Å². The van der Waals surface area contributed by atoms with Crippen LogP contribution in [0.1, 0.15) is 0 Å². The predicted molar refractivity (Wildman–Crippen MR) is 31.0 cm³/mol. The molecule has 0 radical (unpaired) electrons. The Hall–Kier alpha value is 0.380. The van der Waals surface area contributed by atoms with Gasteiger partial charge in [-0.05, 0) is 0 Å². The fraction of sp³-hybridized carbons (Fsp3) is 1.00. The third-order valence-corrected chi connectivity index (χ3v) is 1.93. The molecule has 0 aromatic rings. The summed E-state index contributed by atoms with van der Waals surface area (Å²) in [5.74, 6) is 0. The van der Waals surface area contributed by atoms with Crippen LogP contribution >= 0.6 is 31.9 Å². The van der Waals surface area contributed by atoms with Gasteiger partial charge in [0.25, 0.3) is 0 Å².